The molecule has 0 spiro atoms. The number of aromatic nitrogens is 1. The van der Waals surface area contributed by atoms with Crippen molar-refractivity contribution in [2.45, 2.75) is 72.1 Å². The van der Waals surface area contributed by atoms with E-state index in [0.29, 0.717) is 0 Å². The third-order valence-corrected chi connectivity index (χ3v) is 14.4. The third-order valence-electron chi connectivity index (χ3n) is 14.4. The number of nitrogens with zero attached hydrogens (tertiary/aromatic N) is 2. The number of fused-ring (bicyclic) bond motifs is 6. The van der Waals surface area contributed by atoms with E-state index in [1.807, 2.05) is 0 Å². The van der Waals surface area contributed by atoms with Crippen molar-refractivity contribution in [1.29, 1.82) is 0 Å². The predicted octanol–water partition coefficient (Wildman–Crippen LogP) is 18.0. The topological polar surface area (TPSA) is 8.17 Å². The van der Waals surface area contributed by atoms with Crippen molar-refractivity contribution in [2.24, 2.45) is 0 Å². The Morgan fingerprint density at radius 2 is 1.10 bits per heavy atom. The average molecular weight is 867 g/mol. The van der Waals surface area contributed by atoms with E-state index in [4.69, 9.17) is 0 Å². The number of hydrogen-bond acceptors (Lipinski definition) is 1. The molecule has 1 aromatic heterocycles. The van der Waals surface area contributed by atoms with Gasteiger partial charge in [0.1, 0.15) is 0 Å². The second-order valence-electron chi connectivity index (χ2n) is 19.8. The van der Waals surface area contributed by atoms with E-state index < -0.39 is 0 Å². The second kappa shape index (κ2) is 16.5. The first-order chi connectivity index (χ1) is 32.6. The first kappa shape index (κ1) is 42.2. The van der Waals surface area contributed by atoms with Crippen molar-refractivity contribution in [3.8, 4) is 50.2 Å². The fraction of sp³-hybridized carbons (Fsp3) is 0.169. The highest BCUT2D eigenvalue weighted by Gasteiger charge is 2.45. The zero-order chi connectivity index (χ0) is 46.0. The smallest absolute Gasteiger partial charge is 0.0547 e. The maximum atomic E-state index is 2.68. The number of aryl methyl sites for hydroxylation is 1. The van der Waals surface area contributed by atoms with Crippen LogP contribution in [-0.4, -0.2) is 4.57 Å². The lowest BCUT2D eigenvalue weighted by atomic mass is 9.71. The molecule has 1 aliphatic rings. The lowest BCUT2D eigenvalue weighted by Crippen LogP contribution is -2.25. The molecular formula is C65H58N2. The Kier molecular flexibility index (Phi) is 10.4. The van der Waals surface area contributed by atoms with Crippen molar-refractivity contribution >= 4 is 38.9 Å². The number of benzene rings is 9. The molecule has 0 N–H and O–H groups in total. The molecule has 67 heavy (non-hydrogen) atoms. The molecule has 0 saturated carbocycles. The minimum atomic E-state index is -0.323. The monoisotopic (exact) mass is 866 g/mol. The summed E-state index contributed by atoms with van der Waals surface area (Å²) < 4.78 is 2.43. The van der Waals surface area contributed by atoms with Crippen LogP contribution in [0.2, 0.25) is 0 Å². The van der Waals surface area contributed by atoms with Crippen LogP contribution in [0.3, 0.4) is 0 Å². The Bertz CT molecular complexity index is 3480. The molecule has 0 amide bonds. The van der Waals surface area contributed by atoms with Gasteiger partial charge in [-0.2, -0.15) is 0 Å². The SMILES string of the molecule is CCc1ccccc1-c1c(CC)c(N(c2ccc3c(c2)c2ccccc2n3-c2ccccc2)c2ccc(-c3ccccc3)cc2-c2ccccc2)c2c(c1C(C)(C)C)-c1ccccc1C2(C)C. The molecule has 0 bridgehead atoms. The van der Waals surface area contributed by atoms with Crippen molar-refractivity contribution in [2.75, 3.05) is 4.90 Å². The summed E-state index contributed by atoms with van der Waals surface area (Å²) >= 11 is 0. The van der Waals surface area contributed by atoms with Crippen LogP contribution in [0, 0.1) is 0 Å². The molecule has 2 nitrogen and oxygen atoms in total. The third kappa shape index (κ3) is 6.84. The molecule has 1 heterocycles. The normalized spacial score (nSPS) is 12.9. The fourth-order valence-corrected chi connectivity index (χ4v) is 11.5. The van der Waals surface area contributed by atoms with Gasteiger partial charge in [-0.1, -0.05) is 200 Å². The van der Waals surface area contributed by atoms with Crippen LogP contribution in [0.15, 0.2) is 200 Å². The first-order valence-corrected chi connectivity index (χ1v) is 24.2. The summed E-state index contributed by atoms with van der Waals surface area (Å²) in [6.45, 7) is 16.9. The summed E-state index contributed by atoms with van der Waals surface area (Å²) in [5, 5.41) is 2.46. The van der Waals surface area contributed by atoms with Crippen molar-refractivity contribution in [1.82, 2.24) is 4.57 Å². The second-order valence-corrected chi connectivity index (χ2v) is 19.8. The summed E-state index contributed by atoms with van der Waals surface area (Å²) in [7, 11) is 0. The standard InChI is InChI=1S/C65H58N2/c1-8-43-25-19-20-32-50(43)59-49(9-2)63(62-60(61(59)64(3,4)5)52-34-21-23-35-55(52)65(62,6)7)67(57-39-37-46(44-26-13-10-14-27-44)41-53(57)45-28-15-11-16-29-45)48-38-40-58-54(42-48)51-33-22-24-36-56(51)66(58)47-30-17-12-18-31-47/h10-42H,8-9H2,1-7H3. The molecule has 0 aliphatic heterocycles. The molecule has 2 heteroatoms. The van der Waals surface area contributed by atoms with E-state index in [0.717, 1.165) is 29.9 Å². The maximum Gasteiger partial charge on any atom is 0.0547 e. The summed E-state index contributed by atoms with van der Waals surface area (Å²) in [4.78, 5) is 2.68. The Balaban J connectivity index is 1.34. The van der Waals surface area contributed by atoms with Crippen LogP contribution in [0.25, 0.3) is 72.0 Å². The van der Waals surface area contributed by atoms with Crippen LogP contribution in [-0.2, 0) is 23.7 Å². The number of hydrogen-bond donors (Lipinski definition) is 0. The highest BCUT2D eigenvalue weighted by atomic mass is 15.2. The van der Waals surface area contributed by atoms with Gasteiger partial charge in [-0.25, -0.2) is 0 Å². The van der Waals surface area contributed by atoms with E-state index in [9.17, 15) is 0 Å². The van der Waals surface area contributed by atoms with Gasteiger partial charge in [0.15, 0.2) is 0 Å². The van der Waals surface area contributed by atoms with E-state index in [1.54, 1.807) is 0 Å². The van der Waals surface area contributed by atoms with Crippen molar-refractivity contribution < 1.29 is 0 Å². The van der Waals surface area contributed by atoms with Gasteiger partial charge >= 0.3 is 0 Å². The van der Waals surface area contributed by atoms with Gasteiger partial charge in [0, 0.05) is 33.1 Å². The highest BCUT2D eigenvalue weighted by molar-refractivity contribution is 6.11. The molecule has 9 aromatic carbocycles. The van der Waals surface area contributed by atoms with Gasteiger partial charge in [-0.15, -0.1) is 0 Å². The fourth-order valence-electron chi connectivity index (χ4n) is 11.5. The number of para-hydroxylation sites is 2. The van der Waals surface area contributed by atoms with Gasteiger partial charge in [-0.3, -0.25) is 0 Å². The van der Waals surface area contributed by atoms with Crippen LogP contribution in [0.5, 0.6) is 0 Å². The Morgan fingerprint density at radius 3 is 1.81 bits per heavy atom. The van der Waals surface area contributed by atoms with E-state index in [-0.39, 0.29) is 10.8 Å². The molecule has 11 rings (SSSR count). The Labute approximate surface area is 396 Å². The minimum absolute atomic E-state index is 0.175. The summed E-state index contributed by atoms with van der Waals surface area (Å²) in [6, 6.07) is 74.4. The van der Waals surface area contributed by atoms with E-state index in [2.05, 4.69) is 258 Å². The van der Waals surface area contributed by atoms with Crippen molar-refractivity contribution in [3.63, 3.8) is 0 Å². The largest absolute Gasteiger partial charge is 0.309 e. The van der Waals surface area contributed by atoms with Gasteiger partial charge in [0.25, 0.3) is 0 Å². The molecule has 0 atom stereocenters. The van der Waals surface area contributed by atoms with Gasteiger partial charge in [0.05, 0.1) is 22.4 Å². The molecule has 1 aliphatic carbocycles. The number of rotatable bonds is 9. The predicted molar refractivity (Wildman–Crippen MR) is 287 cm³/mol. The zero-order valence-electron chi connectivity index (χ0n) is 39.9. The Morgan fingerprint density at radius 1 is 0.493 bits per heavy atom. The number of anilines is 3. The Hall–Kier alpha value is -7.42. The molecular weight excluding hydrogens is 809 g/mol. The molecule has 0 fully saturated rings. The molecule has 10 aromatic rings. The van der Waals surface area contributed by atoms with Crippen LogP contribution < -0.4 is 4.90 Å². The van der Waals surface area contributed by atoms with E-state index in [1.165, 1.54) is 99.8 Å². The maximum absolute atomic E-state index is 2.68. The van der Waals surface area contributed by atoms with Gasteiger partial charge in [0.2, 0.25) is 0 Å². The van der Waals surface area contributed by atoms with Gasteiger partial charge in [-0.05, 0) is 134 Å². The highest BCUT2D eigenvalue weighted by Crippen LogP contribution is 2.62. The minimum Gasteiger partial charge on any atom is -0.309 e. The molecule has 0 saturated heterocycles. The van der Waals surface area contributed by atoms with E-state index >= 15 is 0 Å². The first-order valence-electron chi connectivity index (χ1n) is 24.2. The zero-order valence-corrected chi connectivity index (χ0v) is 39.9. The average Bonchev–Trinajstić information content (AvgIpc) is 3.82. The summed E-state index contributed by atoms with van der Waals surface area (Å²) in [5.41, 5.74) is 23.8. The summed E-state index contributed by atoms with van der Waals surface area (Å²) in [5.74, 6) is 0. The molecule has 0 radical (unpaired) electrons. The van der Waals surface area contributed by atoms with Gasteiger partial charge < -0.3 is 9.47 Å². The molecule has 0 unspecified atom stereocenters. The van der Waals surface area contributed by atoms with Crippen LogP contribution in [0.4, 0.5) is 17.1 Å². The lowest BCUT2D eigenvalue weighted by Gasteiger charge is -2.39. The molecule has 328 valence electrons. The lowest BCUT2D eigenvalue weighted by molar-refractivity contribution is 0.590. The van der Waals surface area contributed by atoms with Crippen LogP contribution >= 0.6 is 0 Å². The van der Waals surface area contributed by atoms with Crippen molar-refractivity contribution in [3.05, 3.63) is 228 Å². The quantitative estimate of drug-likeness (QED) is 0.140. The summed E-state index contributed by atoms with van der Waals surface area (Å²) in [6.07, 6.45) is 1.79. The van der Waals surface area contributed by atoms with Crippen LogP contribution in [0.1, 0.15) is 76.3 Å².